The summed E-state index contributed by atoms with van der Waals surface area (Å²) in [6, 6.07) is 16.6. The van der Waals surface area contributed by atoms with Crippen LogP contribution in [0.1, 0.15) is 31.9 Å². The number of anilines is 1. The summed E-state index contributed by atoms with van der Waals surface area (Å²) in [7, 11) is -2.66. The lowest BCUT2D eigenvalue weighted by Gasteiger charge is -2.32. The van der Waals surface area contributed by atoms with Crippen molar-refractivity contribution in [1.82, 2.24) is 10.2 Å². The van der Waals surface area contributed by atoms with Gasteiger partial charge in [-0.15, -0.1) is 0 Å². The van der Waals surface area contributed by atoms with E-state index in [0.717, 1.165) is 9.87 Å². The van der Waals surface area contributed by atoms with Gasteiger partial charge in [0.15, 0.2) is 0 Å². The van der Waals surface area contributed by atoms with Crippen LogP contribution in [0.2, 0.25) is 10.0 Å². The standard InChI is InChI=1S/C29H33Cl2N3O5S/c1-19(2)32-29(36)21(4)33(17-22-8-15-26(30)27(31)16-22)28(35)18-34(23-9-11-24(39-5)12-10-23)40(37,38)25-13-6-20(3)7-14-25/h6-16,19,21H,17-18H2,1-5H3,(H,32,36)/t21-/m0/s1. The number of halogens is 2. The molecule has 2 amide bonds. The minimum atomic E-state index is -4.16. The van der Waals surface area contributed by atoms with Crippen LogP contribution >= 0.6 is 23.2 Å². The second-order valence-corrected chi connectivity index (χ2v) is 12.3. The van der Waals surface area contributed by atoms with E-state index in [0.29, 0.717) is 21.4 Å². The molecule has 0 aliphatic rings. The van der Waals surface area contributed by atoms with E-state index in [1.54, 1.807) is 61.5 Å². The van der Waals surface area contributed by atoms with E-state index in [2.05, 4.69) is 5.32 Å². The van der Waals surface area contributed by atoms with Gasteiger partial charge in [0.2, 0.25) is 11.8 Å². The molecule has 0 unspecified atom stereocenters. The summed E-state index contributed by atoms with van der Waals surface area (Å²) < 4.78 is 34.0. The zero-order valence-corrected chi connectivity index (χ0v) is 25.3. The Morgan fingerprint density at radius 3 is 2.10 bits per heavy atom. The number of nitrogens with one attached hydrogen (secondary N) is 1. The summed E-state index contributed by atoms with van der Waals surface area (Å²) >= 11 is 12.3. The van der Waals surface area contributed by atoms with Gasteiger partial charge in [-0.2, -0.15) is 0 Å². The fourth-order valence-corrected chi connectivity index (χ4v) is 5.67. The highest BCUT2D eigenvalue weighted by Gasteiger charge is 2.32. The first kappa shape index (κ1) is 31.3. The number of ether oxygens (including phenoxy) is 1. The SMILES string of the molecule is COc1ccc(N(CC(=O)N(Cc2ccc(Cl)c(Cl)c2)[C@@H](C)C(=O)NC(C)C)S(=O)(=O)c2ccc(C)cc2)cc1. The van der Waals surface area contributed by atoms with Gasteiger partial charge in [0.25, 0.3) is 10.0 Å². The van der Waals surface area contributed by atoms with Crippen molar-refractivity contribution in [3.63, 3.8) is 0 Å². The van der Waals surface area contributed by atoms with Crippen molar-refractivity contribution in [2.75, 3.05) is 18.0 Å². The predicted molar refractivity (Wildman–Crippen MR) is 158 cm³/mol. The fraction of sp³-hybridized carbons (Fsp3) is 0.310. The van der Waals surface area contributed by atoms with Crippen molar-refractivity contribution in [2.24, 2.45) is 0 Å². The van der Waals surface area contributed by atoms with Crippen LogP contribution in [0.3, 0.4) is 0 Å². The Labute approximate surface area is 245 Å². The van der Waals surface area contributed by atoms with Crippen LogP contribution in [0.15, 0.2) is 71.6 Å². The highest BCUT2D eigenvalue weighted by Crippen LogP contribution is 2.28. The van der Waals surface area contributed by atoms with Gasteiger partial charge in [-0.3, -0.25) is 13.9 Å². The van der Waals surface area contributed by atoms with E-state index in [4.69, 9.17) is 27.9 Å². The van der Waals surface area contributed by atoms with Crippen LogP contribution in [-0.4, -0.2) is 50.9 Å². The summed E-state index contributed by atoms with van der Waals surface area (Å²) in [5.74, 6) is -0.423. The van der Waals surface area contributed by atoms with Gasteiger partial charge < -0.3 is 15.0 Å². The molecule has 0 saturated carbocycles. The number of carbonyl (C=O) groups excluding carboxylic acids is 2. The van der Waals surface area contributed by atoms with E-state index in [1.807, 2.05) is 20.8 Å². The lowest BCUT2D eigenvalue weighted by atomic mass is 10.1. The molecule has 0 bridgehead atoms. The van der Waals surface area contributed by atoms with Crippen molar-refractivity contribution >= 4 is 50.7 Å². The van der Waals surface area contributed by atoms with Crippen molar-refractivity contribution in [3.05, 3.63) is 87.9 Å². The van der Waals surface area contributed by atoms with E-state index < -0.39 is 28.5 Å². The highest BCUT2D eigenvalue weighted by atomic mass is 35.5. The zero-order valence-electron chi connectivity index (χ0n) is 23.0. The number of aryl methyl sites for hydroxylation is 1. The molecule has 1 atom stereocenters. The van der Waals surface area contributed by atoms with Crippen molar-refractivity contribution in [2.45, 2.75) is 51.2 Å². The molecule has 0 heterocycles. The molecule has 40 heavy (non-hydrogen) atoms. The lowest BCUT2D eigenvalue weighted by molar-refractivity contribution is -0.139. The summed E-state index contributed by atoms with van der Waals surface area (Å²) in [5, 5.41) is 3.47. The Balaban J connectivity index is 2.04. The van der Waals surface area contributed by atoms with Crippen molar-refractivity contribution in [1.29, 1.82) is 0 Å². The largest absolute Gasteiger partial charge is 0.497 e. The molecule has 0 aliphatic carbocycles. The third-order valence-electron chi connectivity index (χ3n) is 6.18. The fourth-order valence-electron chi connectivity index (χ4n) is 3.94. The molecule has 1 N–H and O–H groups in total. The number of hydrogen-bond donors (Lipinski definition) is 1. The number of benzene rings is 3. The second-order valence-electron chi connectivity index (χ2n) is 9.63. The van der Waals surface area contributed by atoms with E-state index in [9.17, 15) is 18.0 Å². The molecule has 0 saturated heterocycles. The topological polar surface area (TPSA) is 96.0 Å². The number of nitrogens with zero attached hydrogens (tertiary/aromatic N) is 2. The molecule has 11 heteroatoms. The number of sulfonamides is 1. The molecular weight excluding hydrogens is 573 g/mol. The van der Waals surface area contributed by atoms with Crippen LogP contribution in [0.4, 0.5) is 5.69 Å². The highest BCUT2D eigenvalue weighted by molar-refractivity contribution is 7.92. The summed E-state index contributed by atoms with van der Waals surface area (Å²) in [5.41, 5.74) is 1.79. The van der Waals surface area contributed by atoms with Gasteiger partial charge in [0.05, 0.1) is 27.7 Å². The Morgan fingerprint density at radius 2 is 1.55 bits per heavy atom. The first-order valence-corrected chi connectivity index (χ1v) is 14.8. The third kappa shape index (κ3) is 7.68. The minimum Gasteiger partial charge on any atom is -0.497 e. The summed E-state index contributed by atoms with van der Waals surface area (Å²) in [6.45, 7) is 6.53. The molecule has 8 nitrogen and oxygen atoms in total. The molecule has 3 aromatic rings. The van der Waals surface area contributed by atoms with Crippen molar-refractivity contribution in [3.8, 4) is 5.75 Å². The maximum atomic E-state index is 13.9. The van der Waals surface area contributed by atoms with Gasteiger partial charge in [0, 0.05) is 12.6 Å². The number of methoxy groups -OCH3 is 1. The molecule has 0 fully saturated rings. The Morgan fingerprint density at radius 1 is 0.925 bits per heavy atom. The van der Waals surface area contributed by atoms with E-state index >= 15 is 0 Å². The second kappa shape index (κ2) is 13.4. The lowest BCUT2D eigenvalue weighted by Crippen LogP contribution is -2.52. The van der Waals surface area contributed by atoms with Gasteiger partial charge in [0.1, 0.15) is 18.3 Å². The quantitative estimate of drug-likeness (QED) is 0.313. The molecular formula is C29H33Cl2N3O5S. The predicted octanol–water partition coefficient (Wildman–Crippen LogP) is 5.45. The molecule has 3 aromatic carbocycles. The summed E-state index contributed by atoms with van der Waals surface area (Å²) in [6.07, 6.45) is 0. The molecule has 3 rings (SSSR count). The number of carbonyl (C=O) groups is 2. The number of rotatable bonds is 11. The zero-order chi connectivity index (χ0) is 29.6. The number of amides is 2. The Bertz CT molecular complexity index is 1450. The monoisotopic (exact) mass is 605 g/mol. The Kier molecular flexibility index (Phi) is 10.5. The van der Waals surface area contributed by atoms with Gasteiger partial charge >= 0.3 is 0 Å². The maximum Gasteiger partial charge on any atom is 0.264 e. The summed E-state index contributed by atoms with van der Waals surface area (Å²) in [4.78, 5) is 28.3. The normalized spacial score (nSPS) is 12.1. The Hall–Kier alpha value is -3.27. The first-order valence-electron chi connectivity index (χ1n) is 12.6. The average Bonchev–Trinajstić information content (AvgIpc) is 2.91. The van der Waals surface area contributed by atoms with Crippen molar-refractivity contribution < 1.29 is 22.7 Å². The molecule has 0 aliphatic heterocycles. The van der Waals surface area contributed by atoms with Gasteiger partial charge in [-0.05, 0) is 81.8 Å². The number of hydrogen-bond acceptors (Lipinski definition) is 5. The maximum absolute atomic E-state index is 13.9. The van der Waals surface area contributed by atoms with Crippen LogP contribution in [0.25, 0.3) is 0 Å². The van der Waals surface area contributed by atoms with Gasteiger partial charge in [-0.1, -0.05) is 47.0 Å². The van der Waals surface area contributed by atoms with E-state index in [1.165, 1.54) is 24.1 Å². The first-order chi connectivity index (χ1) is 18.8. The van der Waals surface area contributed by atoms with Crippen LogP contribution in [-0.2, 0) is 26.2 Å². The third-order valence-corrected chi connectivity index (χ3v) is 8.71. The molecule has 0 spiro atoms. The van der Waals surface area contributed by atoms with Crippen LogP contribution < -0.4 is 14.4 Å². The molecule has 0 aromatic heterocycles. The molecule has 214 valence electrons. The van der Waals surface area contributed by atoms with Gasteiger partial charge in [-0.25, -0.2) is 8.42 Å². The molecule has 0 radical (unpaired) electrons. The van der Waals surface area contributed by atoms with E-state index in [-0.39, 0.29) is 29.1 Å². The van der Waals surface area contributed by atoms with Crippen LogP contribution in [0, 0.1) is 6.92 Å². The average molecular weight is 607 g/mol. The minimum absolute atomic E-state index is 0.00341. The smallest absolute Gasteiger partial charge is 0.264 e. The van der Waals surface area contributed by atoms with Crippen LogP contribution in [0.5, 0.6) is 5.75 Å².